The second-order valence-corrected chi connectivity index (χ2v) is 4.78. The Labute approximate surface area is 114 Å². The fraction of sp³-hybridized carbons (Fsp3) is 0.500. The Balaban J connectivity index is 2.91. The first-order valence-corrected chi connectivity index (χ1v) is 6.38. The summed E-state index contributed by atoms with van der Waals surface area (Å²) in [6.45, 7) is 4.25. The van der Waals surface area contributed by atoms with Gasteiger partial charge in [-0.05, 0) is 23.1 Å². The van der Waals surface area contributed by atoms with Gasteiger partial charge in [-0.1, -0.05) is 26.0 Å². The molecule has 0 bridgehead atoms. The number of amides is 1. The molecule has 0 aliphatic rings. The maximum absolute atomic E-state index is 11.6. The number of carbonyl (C=O) groups excluding carboxylic acids is 1. The van der Waals surface area contributed by atoms with Gasteiger partial charge in [0.2, 0.25) is 0 Å². The van der Waals surface area contributed by atoms with Crippen LogP contribution in [0.15, 0.2) is 18.2 Å². The molecule has 0 aliphatic heterocycles. The van der Waals surface area contributed by atoms with Crippen LogP contribution in [0.3, 0.4) is 0 Å². The Morgan fingerprint density at radius 2 is 2.11 bits per heavy atom. The predicted octanol–water partition coefficient (Wildman–Crippen LogP) is 0.939. The van der Waals surface area contributed by atoms with Crippen LogP contribution < -0.4 is 21.3 Å². The molecule has 0 spiro atoms. The number of hydrogen-bond donors (Lipinski definition) is 3. The van der Waals surface area contributed by atoms with Crippen LogP contribution in [0.25, 0.3) is 0 Å². The molecule has 0 aliphatic carbocycles. The van der Waals surface area contributed by atoms with Crippen molar-refractivity contribution in [1.82, 2.24) is 10.9 Å². The van der Waals surface area contributed by atoms with Gasteiger partial charge >= 0.3 is 0 Å². The molecule has 1 atom stereocenters. The topological polar surface area (TPSA) is 76.4 Å². The Morgan fingerprint density at radius 1 is 1.42 bits per heavy atom. The van der Waals surface area contributed by atoms with E-state index in [0.717, 1.165) is 11.3 Å². The van der Waals surface area contributed by atoms with E-state index in [2.05, 4.69) is 30.8 Å². The van der Waals surface area contributed by atoms with Crippen molar-refractivity contribution in [1.29, 1.82) is 0 Å². The van der Waals surface area contributed by atoms with Gasteiger partial charge in [0.15, 0.2) is 0 Å². The van der Waals surface area contributed by atoms with E-state index < -0.39 is 6.04 Å². The van der Waals surface area contributed by atoms with Crippen molar-refractivity contribution < 1.29 is 9.53 Å². The third-order valence-electron chi connectivity index (χ3n) is 3.00. The molecule has 1 amide bonds. The van der Waals surface area contributed by atoms with Gasteiger partial charge in [0.05, 0.1) is 13.2 Å². The second kappa shape index (κ2) is 7.11. The molecule has 0 aromatic heterocycles. The van der Waals surface area contributed by atoms with E-state index in [1.54, 1.807) is 14.2 Å². The molecule has 106 valence electrons. The lowest BCUT2D eigenvalue weighted by molar-refractivity contribution is -0.123. The second-order valence-electron chi connectivity index (χ2n) is 4.78. The molecule has 19 heavy (non-hydrogen) atoms. The van der Waals surface area contributed by atoms with Gasteiger partial charge in [0.25, 0.3) is 5.91 Å². The molecule has 0 radical (unpaired) electrons. The summed E-state index contributed by atoms with van der Waals surface area (Å²) in [7, 11) is 3.25. The number of ether oxygens (including phenoxy) is 1. The minimum atomic E-state index is -0.608. The Kier molecular flexibility index (Phi) is 5.79. The van der Waals surface area contributed by atoms with Crippen molar-refractivity contribution >= 4 is 5.91 Å². The van der Waals surface area contributed by atoms with E-state index in [0.29, 0.717) is 12.3 Å². The molecule has 1 aromatic rings. The van der Waals surface area contributed by atoms with Crippen molar-refractivity contribution in [3.05, 3.63) is 29.3 Å². The van der Waals surface area contributed by atoms with Gasteiger partial charge in [-0.2, -0.15) is 0 Å². The zero-order valence-corrected chi connectivity index (χ0v) is 12.0. The Bertz CT molecular complexity index is 433. The standard InChI is InChI=1S/C14H23N3O2/c1-9(2)10-5-6-13(19-4)11(7-10)8-12(15)14(18)17-16-3/h5-7,9,12,16H,8,15H2,1-4H3,(H,17,18). The fourth-order valence-electron chi connectivity index (χ4n) is 1.86. The van der Waals surface area contributed by atoms with Crippen LogP contribution in [-0.4, -0.2) is 26.1 Å². The maximum atomic E-state index is 11.6. The monoisotopic (exact) mass is 265 g/mol. The predicted molar refractivity (Wildman–Crippen MR) is 76.0 cm³/mol. The Morgan fingerprint density at radius 3 is 2.63 bits per heavy atom. The van der Waals surface area contributed by atoms with Crippen molar-refractivity contribution in [2.75, 3.05) is 14.2 Å². The summed E-state index contributed by atoms with van der Waals surface area (Å²) in [6, 6.07) is 5.40. The molecule has 0 saturated carbocycles. The van der Waals surface area contributed by atoms with Crippen LogP contribution in [0, 0.1) is 0 Å². The smallest absolute Gasteiger partial charge is 0.251 e. The summed E-state index contributed by atoms with van der Waals surface area (Å²) in [5.41, 5.74) is 13.1. The van der Waals surface area contributed by atoms with Gasteiger partial charge in [-0.15, -0.1) is 0 Å². The molecular weight excluding hydrogens is 242 g/mol. The zero-order chi connectivity index (χ0) is 14.4. The summed E-state index contributed by atoms with van der Waals surface area (Å²) in [5, 5.41) is 0. The number of hydrazine groups is 1. The average molecular weight is 265 g/mol. The highest BCUT2D eigenvalue weighted by Gasteiger charge is 2.16. The van der Waals surface area contributed by atoms with Crippen molar-refractivity contribution in [2.24, 2.45) is 5.73 Å². The number of methoxy groups -OCH3 is 1. The van der Waals surface area contributed by atoms with E-state index in [9.17, 15) is 4.79 Å². The van der Waals surface area contributed by atoms with E-state index in [4.69, 9.17) is 10.5 Å². The van der Waals surface area contributed by atoms with Crippen molar-refractivity contribution in [3.8, 4) is 5.75 Å². The van der Waals surface area contributed by atoms with Crippen LogP contribution in [0.1, 0.15) is 30.9 Å². The van der Waals surface area contributed by atoms with Crippen molar-refractivity contribution in [3.63, 3.8) is 0 Å². The highest BCUT2D eigenvalue weighted by molar-refractivity contribution is 5.81. The van der Waals surface area contributed by atoms with E-state index in [1.807, 2.05) is 12.1 Å². The van der Waals surface area contributed by atoms with Crippen LogP contribution in [0.4, 0.5) is 0 Å². The molecule has 5 heteroatoms. The first kappa shape index (κ1) is 15.5. The summed E-state index contributed by atoms with van der Waals surface area (Å²) in [4.78, 5) is 11.6. The Hall–Kier alpha value is -1.59. The number of hydrogen-bond acceptors (Lipinski definition) is 4. The molecule has 0 heterocycles. The first-order valence-electron chi connectivity index (χ1n) is 6.38. The number of benzene rings is 1. The summed E-state index contributed by atoms with van der Waals surface area (Å²) < 4.78 is 5.32. The van der Waals surface area contributed by atoms with Crippen LogP contribution in [0.2, 0.25) is 0 Å². The highest BCUT2D eigenvalue weighted by Crippen LogP contribution is 2.25. The molecule has 0 saturated heterocycles. The molecule has 1 unspecified atom stereocenters. The lowest BCUT2D eigenvalue weighted by Gasteiger charge is -2.16. The summed E-state index contributed by atoms with van der Waals surface area (Å²) >= 11 is 0. The number of nitrogens with two attached hydrogens (primary N) is 1. The van der Waals surface area contributed by atoms with E-state index in [-0.39, 0.29) is 5.91 Å². The normalized spacial score (nSPS) is 12.3. The van der Waals surface area contributed by atoms with E-state index in [1.165, 1.54) is 5.56 Å². The summed E-state index contributed by atoms with van der Waals surface area (Å²) in [5.74, 6) is 0.948. The number of carbonyl (C=O) groups is 1. The minimum Gasteiger partial charge on any atom is -0.496 e. The van der Waals surface area contributed by atoms with Crippen LogP contribution >= 0.6 is 0 Å². The minimum absolute atomic E-state index is 0.237. The van der Waals surface area contributed by atoms with Gasteiger partial charge in [0.1, 0.15) is 5.75 Å². The van der Waals surface area contributed by atoms with Crippen LogP contribution in [0.5, 0.6) is 5.75 Å². The first-order chi connectivity index (χ1) is 8.99. The van der Waals surface area contributed by atoms with E-state index >= 15 is 0 Å². The van der Waals surface area contributed by atoms with Gasteiger partial charge < -0.3 is 10.5 Å². The number of rotatable bonds is 6. The lowest BCUT2D eigenvalue weighted by Crippen LogP contribution is -2.46. The largest absolute Gasteiger partial charge is 0.496 e. The number of nitrogens with one attached hydrogen (secondary N) is 2. The highest BCUT2D eigenvalue weighted by atomic mass is 16.5. The molecule has 0 fully saturated rings. The summed E-state index contributed by atoms with van der Waals surface area (Å²) in [6.07, 6.45) is 0.442. The lowest BCUT2D eigenvalue weighted by atomic mass is 9.97. The van der Waals surface area contributed by atoms with Gasteiger partial charge in [-0.3, -0.25) is 10.2 Å². The zero-order valence-electron chi connectivity index (χ0n) is 12.0. The average Bonchev–Trinajstić information content (AvgIpc) is 2.38. The third-order valence-corrected chi connectivity index (χ3v) is 3.00. The third kappa shape index (κ3) is 4.22. The van der Waals surface area contributed by atoms with Gasteiger partial charge in [-0.25, -0.2) is 5.43 Å². The van der Waals surface area contributed by atoms with Crippen molar-refractivity contribution in [2.45, 2.75) is 32.2 Å². The quantitative estimate of drug-likeness (QED) is 0.669. The molecule has 4 N–H and O–H groups in total. The fourth-order valence-corrected chi connectivity index (χ4v) is 1.86. The molecular formula is C14H23N3O2. The van der Waals surface area contributed by atoms with Gasteiger partial charge in [0, 0.05) is 13.5 Å². The SMILES string of the molecule is CNNC(=O)C(N)Cc1cc(C(C)C)ccc1OC. The molecule has 1 rings (SSSR count). The van der Waals surface area contributed by atoms with Crippen LogP contribution in [-0.2, 0) is 11.2 Å². The molecule has 5 nitrogen and oxygen atoms in total. The maximum Gasteiger partial charge on any atom is 0.251 e. The molecule has 1 aromatic carbocycles.